The van der Waals surface area contributed by atoms with Crippen molar-refractivity contribution in [1.29, 1.82) is 0 Å². The van der Waals surface area contributed by atoms with E-state index in [-0.39, 0.29) is 0 Å². The van der Waals surface area contributed by atoms with Crippen molar-refractivity contribution < 1.29 is 4.74 Å². The summed E-state index contributed by atoms with van der Waals surface area (Å²) in [4.78, 5) is 7.25. The van der Waals surface area contributed by atoms with Crippen LogP contribution in [0.5, 0.6) is 0 Å². The second-order valence-corrected chi connectivity index (χ2v) is 5.87. The lowest BCUT2D eigenvalue weighted by Crippen LogP contribution is -2.37. The summed E-state index contributed by atoms with van der Waals surface area (Å²) in [5.74, 6) is 1.02. The number of amidine groups is 1. The normalized spacial score (nSPS) is 19.7. The number of hydrogen-bond donors (Lipinski definition) is 1. The molecule has 4 nitrogen and oxygen atoms in total. The Hall–Kier alpha value is -1.91. The van der Waals surface area contributed by atoms with E-state index in [1.807, 2.05) is 0 Å². The summed E-state index contributed by atoms with van der Waals surface area (Å²) in [6.45, 7) is 5.82. The van der Waals surface area contributed by atoms with Crippen LogP contribution in [0.3, 0.4) is 0 Å². The minimum Gasteiger partial charge on any atom is -0.379 e. The predicted molar refractivity (Wildman–Crippen MR) is 90.9 cm³/mol. The maximum Gasteiger partial charge on any atom is 0.133 e. The van der Waals surface area contributed by atoms with Crippen LogP contribution in [-0.4, -0.2) is 50.1 Å². The van der Waals surface area contributed by atoms with Crippen LogP contribution in [-0.2, 0) is 4.74 Å². The molecule has 22 heavy (non-hydrogen) atoms. The zero-order valence-electron chi connectivity index (χ0n) is 12.7. The third kappa shape index (κ3) is 2.60. The fraction of sp³-hybridized carbons (Fsp3) is 0.389. The molecule has 0 unspecified atom stereocenters. The first-order valence-corrected chi connectivity index (χ1v) is 8.05. The molecule has 0 saturated carbocycles. The lowest BCUT2D eigenvalue weighted by Gasteiger charge is -2.26. The SMILES string of the molecule is c1cc2c3c(cccc3c1)C(=NCCCN1CCOCC1)N2. The molecule has 0 amide bonds. The molecule has 2 aliphatic heterocycles. The monoisotopic (exact) mass is 295 g/mol. The summed E-state index contributed by atoms with van der Waals surface area (Å²) in [7, 11) is 0. The highest BCUT2D eigenvalue weighted by atomic mass is 16.5. The smallest absolute Gasteiger partial charge is 0.133 e. The summed E-state index contributed by atoms with van der Waals surface area (Å²) in [5, 5.41) is 6.04. The first-order chi connectivity index (χ1) is 10.9. The Labute approximate surface area is 130 Å². The van der Waals surface area contributed by atoms with Crippen LogP contribution < -0.4 is 5.32 Å². The van der Waals surface area contributed by atoms with Crippen molar-refractivity contribution in [2.75, 3.05) is 44.7 Å². The van der Waals surface area contributed by atoms with Gasteiger partial charge in [0.15, 0.2) is 0 Å². The number of rotatable bonds is 4. The topological polar surface area (TPSA) is 36.9 Å². The summed E-state index contributed by atoms with van der Waals surface area (Å²) < 4.78 is 5.38. The number of anilines is 1. The number of morpholine rings is 1. The minimum absolute atomic E-state index is 0.865. The van der Waals surface area contributed by atoms with Crippen molar-refractivity contribution in [1.82, 2.24) is 4.90 Å². The molecule has 2 aromatic rings. The van der Waals surface area contributed by atoms with Gasteiger partial charge in [0.25, 0.3) is 0 Å². The Morgan fingerprint density at radius 3 is 2.77 bits per heavy atom. The highest BCUT2D eigenvalue weighted by Crippen LogP contribution is 2.32. The van der Waals surface area contributed by atoms with E-state index in [9.17, 15) is 0 Å². The average Bonchev–Trinajstić information content (AvgIpc) is 2.93. The molecule has 0 aromatic heterocycles. The van der Waals surface area contributed by atoms with E-state index in [1.165, 1.54) is 22.0 Å². The van der Waals surface area contributed by atoms with Crippen LogP contribution in [0.25, 0.3) is 10.8 Å². The number of aliphatic imine (C=N–C) groups is 1. The minimum atomic E-state index is 0.865. The average molecular weight is 295 g/mol. The fourth-order valence-corrected chi connectivity index (χ4v) is 3.27. The highest BCUT2D eigenvalue weighted by Gasteiger charge is 2.18. The maximum atomic E-state index is 5.38. The Bertz CT molecular complexity index is 699. The van der Waals surface area contributed by atoms with Crippen LogP contribution in [0, 0.1) is 0 Å². The van der Waals surface area contributed by atoms with E-state index < -0.39 is 0 Å². The number of benzene rings is 2. The second-order valence-electron chi connectivity index (χ2n) is 5.87. The predicted octanol–water partition coefficient (Wildman–Crippen LogP) is 2.73. The van der Waals surface area contributed by atoms with Gasteiger partial charge in [0.05, 0.1) is 13.2 Å². The van der Waals surface area contributed by atoms with E-state index in [0.29, 0.717) is 0 Å². The van der Waals surface area contributed by atoms with E-state index in [2.05, 4.69) is 46.6 Å². The zero-order valence-corrected chi connectivity index (χ0v) is 12.7. The molecule has 4 rings (SSSR count). The molecular formula is C18H21N3O. The number of nitrogens with one attached hydrogen (secondary N) is 1. The standard InChI is InChI=1S/C18H21N3O/c1-4-14-5-2-7-16-17(14)15(6-1)18(20-16)19-8-3-9-21-10-12-22-13-11-21/h1-2,4-7H,3,8-13H2,(H,19,20). The summed E-state index contributed by atoms with van der Waals surface area (Å²) in [6.07, 6.45) is 1.09. The third-order valence-electron chi connectivity index (χ3n) is 4.42. The lowest BCUT2D eigenvalue weighted by atomic mass is 10.1. The molecular weight excluding hydrogens is 274 g/mol. The molecule has 0 spiro atoms. The van der Waals surface area contributed by atoms with Crippen molar-refractivity contribution in [2.45, 2.75) is 6.42 Å². The van der Waals surface area contributed by atoms with Crippen molar-refractivity contribution in [2.24, 2.45) is 4.99 Å². The Balaban J connectivity index is 1.43. The van der Waals surface area contributed by atoms with Gasteiger partial charge in [-0.1, -0.05) is 30.3 Å². The van der Waals surface area contributed by atoms with Crippen LogP contribution in [0.1, 0.15) is 12.0 Å². The van der Waals surface area contributed by atoms with Crippen LogP contribution in [0.15, 0.2) is 41.4 Å². The molecule has 2 aliphatic rings. The summed E-state index contributed by atoms with van der Waals surface area (Å²) in [5.41, 5.74) is 2.42. The van der Waals surface area contributed by atoms with Crippen molar-refractivity contribution in [3.8, 4) is 0 Å². The molecule has 0 aliphatic carbocycles. The van der Waals surface area contributed by atoms with Crippen LogP contribution >= 0.6 is 0 Å². The molecule has 1 N–H and O–H groups in total. The Morgan fingerprint density at radius 2 is 1.91 bits per heavy atom. The molecule has 0 bridgehead atoms. The highest BCUT2D eigenvalue weighted by molar-refractivity contribution is 6.25. The van der Waals surface area contributed by atoms with Crippen molar-refractivity contribution in [3.63, 3.8) is 0 Å². The Kier molecular flexibility index (Phi) is 3.79. The van der Waals surface area contributed by atoms with Gasteiger partial charge in [0.2, 0.25) is 0 Å². The quantitative estimate of drug-likeness (QED) is 0.881. The van der Waals surface area contributed by atoms with Crippen molar-refractivity contribution in [3.05, 3.63) is 42.0 Å². The van der Waals surface area contributed by atoms with Gasteiger partial charge in [-0.05, 0) is 17.9 Å². The maximum absolute atomic E-state index is 5.38. The van der Waals surface area contributed by atoms with Gasteiger partial charge < -0.3 is 10.1 Å². The fourth-order valence-electron chi connectivity index (χ4n) is 3.27. The number of hydrogen-bond acceptors (Lipinski definition) is 3. The molecule has 0 radical (unpaired) electrons. The molecule has 114 valence electrons. The first kappa shape index (κ1) is 13.7. The van der Waals surface area contributed by atoms with Gasteiger partial charge in [-0.15, -0.1) is 0 Å². The summed E-state index contributed by atoms with van der Waals surface area (Å²) in [6, 6.07) is 12.8. The lowest BCUT2D eigenvalue weighted by molar-refractivity contribution is 0.0377. The largest absolute Gasteiger partial charge is 0.379 e. The molecule has 2 aromatic carbocycles. The molecule has 2 heterocycles. The van der Waals surface area contributed by atoms with Gasteiger partial charge in [0.1, 0.15) is 5.84 Å². The van der Waals surface area contributed by atoms with E-state index in [0.717, 1.165) is 51.6 Å². The van der Waals surface area contributed by atoms with Gasteiger partial charge in [-0.2, -0.15) is 0 Å². The van der Waals surface area contributed by atoms with Gasteiger partial charge in [-0.25, -0.2) is 0 Å². The van der Waals surface area contributed by atoms with E-state index >= 15 is 0 Å². The van der Waals surface area contributed by atoms with Gasteiger partial charge >= 0.3 is 0 Å². The third-order valence-corrected chi connectivity index (χ3v) is 4.42. The van der Waals surface area contributed by atoms with Crippen LogP contribution in [0.4, 0.5) is 5.69 Å². The number of nitrogens with zero attached hydrogens (tertiary/aromatic N) is 2. The second kappa shape index (κ2) is 6.07. The zero-order chi connectivity index (χ0) is 14.8. The first-order valence-electron chi connectivity index (χ1n) is 8.05. The summed E-state index contributed by atoms with van der Waals surface area (Å²) >= 11 is 0. The molecule has 0 atom stereocenters. The molecule has 1 saturated heterocycles. The number of ether oxygens (including phenoxy) is 1. The van der Waals surface area contributed by atoms with Crippen molar-refractivity contribution >= 4 is 22.3 Å². The molecule has 1 fully saturated rings. The Morgan fingerprint density at radius 1 is 1.09 bits per heavy atom. The van der Waals surface area contributed by atoms with E-state index in [1.54, 1.807) is 0 Å². The van der Waals surface area contributed by atoms with E-state index in [4.69, 9.17) is 9.73 Å². The van der Waals surface area contributed by atoms with Gasteiger partial charge in [-0.3, -0.25) is 9.89 Å². The van der Waals surface area contributed by atoms with Crippen LogP contribution in [0.2, 0.25) is 0 Å². The van der Waals surface area contributed by atoms with Gasteiger partial charge in [0, 0.05) is 42.8 Å². The molecule has 4 heteroatoms.